The Bertz CT molecular complexity index is 1280. The van der Waals surface area contributed by atoms with Gasteiger partial charge in [-0.3, -0.25) is 9.36 Å². The Balaban J connectivity index is 1.75. The quantitative estimate of drug-likeness (QED) is 0.457. The monoisotopic (exact) mass is 447 g/mol. The van der Waals surface area contributed by atoms with Gasteiger partial charge in [0.25, 0.3) is 5.91 Å². The Hall–Kier alpha value is -3.98. The van der Waals surface area contributed by atoms with E-state index in [0.29, 0.717) is 22.2 Å². The predicted molar refractivity (Wildman–Crippen MR) is 125 cm³/mol. The van der Waals surface area contributed by atoms with Crippen molar-refractivity contribution in [1.82, 2.24) is 14.5 Å². The lowest BCUT2D eigenvalue weighted by Crippen LogP contribution is -2.17. The zero-order valence-electron chi connectivity index (χ0n) is 17.7. The molecule has 0 atom stereocenters. The van der Waals surface area contributed by atoms with Gasteiger partial charge in [-0.15, -0.1) is 11.3 Å². The number of imidazole rings is 1. The minimum Gasteiger partial charge on any atom is -0.476 e. The molecule has 0 aliphatic rings. The number of carbonyl (C=O) groups is 2. The van der Waals surface area contributed by atoms with Crippen molar-refractivity contribution in [1.29, 1.82) is 0 Å². The van der Waals surface area contributed by atoms with Crippen LogP contribution in [0.25, 0.3) is 16.3 Å². The summed E-state index contributed by atoms with van der Waals surface area (Å²) < 4.78 is 1.51. The van der Waals surface area contributed by atoms with Gasteiger partial charge in [0.1, 0.15) is 9.88 Å². The minimum atomic E-state index is -1.20. The number of rotatable bonds is 6. The normalized spacial score (nSPS) is 10.7. The Morgan fingerprint density at radius 2 is 1.62 bits per heavy atom. The number of hydrogen-bond donors (Lipinski definition) is 2. The summed E-state index contributed by atoms with van der Waals surface area (Å²) in [5.74, 6) is -1.29. The van der Waals surface area contributed by atoms with Gasteiger partial charge >= 0.3 is 5.97 Å². The predicted octanol–water partition coefficient (Wildman–Crippen LogP) is 4.32. The van der Waals surface area contributed by atoms with E-state index in [1.807, 2.05) is 48.5 Å². The van der Waals surface area contributed by atoms with Crippen LogP contribution in [0.1, 0.15) is 25.9 Å². The molecular formula is C23H21N5O3S. The average Bonchev–Trinajstić information content (AvgIpc) is 3.36. The number of carboxylic acid groups (broad SMARTS) is 1. The van der Waals surface area contributed by atoms with E-state index in [0.717, 1.165) is 10.6 Å². The molecule has 0 bridgehead atoms. The largest absolute Gasteiger partial charge is 0.476 e. The van der Waals surface area contributed by atoms with Gasteiger partial charge in [-0.25, -0.2) is 9.78 Å². The Morgan fingerprint density at radius 3 is 2.22 bits per heavy atom. The number of carboxylic acids is 1. The molecule has 4 rings (SSSR count). The van der Waals surface area contributed by atoms with Crippen LogP contribution < -0.4 is 10.2 Å². The lowest BCUT2D eigenvalue weighted by Gasteiger charge is -2.15. The van der Waals surface area contributed by atoms with Crippen molar-refractivity contribution in [3.05, 3.63) is 76.9 Å². The molecule has 9 heteroatoms. The van der Waals surface area contributed by atoms with E-state index < -0.39 is 11.9 Å². The number of para-hydroxylation sites is 1. The van der Waals surface area contributed by atoms with Crippen LogP contribution in [0.5, 0.6) is 0 Å². The summed E-state index contributed by atoms with van der Waals surface area (Å²) in [5, 5.41) is 13.4. The van der Waals surface area contributed by atoms with Crippen molar-refractivity contribution in [3.63, 3.8) is 0 Å². The molecule has 0 fully saturated rings. The van der Waals surface area contributed by atoms with Gasteiger partial charge in [0.2, 0.25) is 5.95 Å². The molecular weight excluding hydrogens is 426 g/mol. The molecule has 0 saturated heterocycles. The van der Waals surface area contributed by atoms with E-state index in [9.17, 15) is 14.7 Å². The van der Waals surface area contributed by atoms with Crippen LogP contribution in [-0.4, -0.2) is 45.6 Å². The summed E-state index contributed by atoms with van der Waals surface area (Å²) in [7, 11) is 3.52. The van der Waals surface area contributed by atoms with Gasteiger partial charge in [-0.2, -0.15) is 4.98 Å². The third-order valence-corrected chi connectivity index (χ3v) is 5.94. The summed E-state index contributed by atoms with van der Waals surface area (Å²) >= 11 is 1.25. The van der Waals surface area contributed by atoms with E-state index >= 15 is 0 Å². The van der Waals surface area contributed by atoms with Crippen molar-refractivity contribution >= 4 is 35.0 Å². The summed E-state index contributed by atoms with van der Waals surface area (Å²) in [6.07, 6.45) is 0. The third-order valence-electron chi connectivity index (χ3n) is 4.73. The second-order valence-electron chi connectivity index (χ2n) is 7.23. The molecule has 8 nitrogen and oxygen atoms in total. The topological polar surface area (TPSA) is 100 Å². The van der Waals surface area contributed by atoms with Crippen LogP contribution in [0.2, 0.25) is 0 Å². The molecule has 0 unspecified atom stereocenters. The van der Waals surface area contributed by atoms with Crippen molar-refractivity contribution < 1.29 is 14.7 Å². The highest BCUT2D eigenvalue weighted by molar-refractivity contribution is 7.17. The number of carbonyl (C=O) groups excluding carboxylic acids is 1. The number of hydrogen-bond acceptors (Lipinski definition) is 6. The summed E-state index contributed by atoms with van der Waals surface area (Å²) in [6, 6.07) is 18.6. The Labute approximate surface area is 188 Å². The van der Waals surface area contributed by atoms with Gasteiger partial charge in [0.15, 0.2) is 11.5 Å². The van der Waals surface area contributed by atoms with E-state index in [1.54, 1.807) is 38.1 Å². The molecule has 162 valence electrons. The average molecular weight is 448 g/mol. The van der Waals surface area contributed by atoms with E-state index in [2.05, 4.69) is 15.3 Å². The summed E-state index contributed by atoms with van der Waals surface area (Å²) in [4.78, 5) is 36.3. The van der Waals surface area contributed by atoms with Crippen LogP contribution >= 0.6 is 11.3 Å². The van der Waals surface area contributed by atoms with Crippen LogP contribution in [0.4, 0.5) is 11.8 Å². The van der Waals surface area contributed by atoms with Crippen molar-refractivity contribution in [3.8, 4) is 16.3 Å². The van der Waals surface area contributed by atoms with Gasteiger partial charge in [-0.1, -0.05) is 48.5 Å². The van der Waals surface area contributed by atoms with Crippen LogP contribution in [0.3, 0.4) is 0 Å². The number of anilines is 2. The van der Waals surface area contributed by atoms with E-state index in [1.165, 1.54) is 15.9 Å². The second-order valence-corrected chi connectivity index (χ2v) is 8.23. The number of benzene rings is 2. The molecule has 0 aliphatic heterocycles. The molecule has 2 aromatic heterocycles. The first-order valence-corrected chi connectivity index (χ1v) is 10.6. The number of nitrogens with zero attached hydrogens (tertiary/aromatic N) is 4. The Morgan fingerprint density at radius 1 is 1.00 bits per heavy atom. The number of aryl methyl sites for hydroxylation is 1. The van der Waals surface area contributed by atoms with Crippen molar-refractivity contribution in [2.24, 2.45) is 0 Å². The Kier molecular flexibility index (Phi) is 5.74. The molecule has 0 aliphatic carbocycles. The van der Waals surface area contributed by atoms with Crippen LogP contribution in [-0.2, 0) is 0 Å². The molecule has 2 N–H and O–H groups in total. The van der Waals surface area contributed by atoms with Gasteiger partial charge in [0.05, 0.1) is 5.69 Å². The zero-order valence-corrected chi connectivity index (χ0v) is 18.6. The van der Waals surface area contributed by atoms with Gasteiger partial charge in [-0.05, 0) is 19.1 Å². The number of aromatic nitrogens is 3. The molecule has 0 radical (unpaired) electrons. The fourth-order valence-electron chi connectivity index (χ4n) is 3.29. The standard InChI is InChI=1S/C23H21N5O3S/c1-14-18(32-21(24-14)15-10-6-4-7-11-15)20(29)25-19-17(22(30)31)28(23(26-19)27(2)3)16-12-8-5-9-13-16/h4-13H,1-3H3,(H,25,29)(H,30,31). The second kappa shape index (κ2) is 8.64. The molecule has 4 aromatic rings. The summed E-state index contributed by atoms with van der Waals surface area (Å²) in [6.45, 7) is 1.75. The first-order valence-electron chi connectivity index (χ1n) is 9.79. The molecule has 32 heavy (non-hydrogen) atoms. The molecule has 1 amide bonds. The highest BCUT2D eigenvalue weighted by atomic mass is 32.1. The fourth-order valence-corrected chi connectivity index (χ4v) is 4.26. The van der Waals surface area contributed by atoms with Gasteiger partial charge < -0.3 is 15.3 Å². The number of amides is 1. The number of thiazole rings is 1. The zero-order chi connectivity index (χ0) is 22.8. The lowest BCUT2D eigenvalue weighted by atomic mass is 10.2. The molecule has 2 aromatic carbocycles. The van der Waals surface area contributed by atoms with Gasteiger partial charge in [0, 0.05) is 25.3 Å². The van der Waals surface area contributed by atoms with E-state index in [-0.39, 0.29) is 11.5 Å². The molecule has 0 saturated carbocycles. The molecule has 0 spiro atoms. The lowest BCUT2D eigenvalue weighted by molar-refractivity contribution is 0.0689. The SMILES string of the molecule is Cc1nc(-c2ccccc2)sc1C(=O)Nc1nc(N(C)C)n(-c2ccccc2)c1C(=O)O. The maximum absolute atomic E-state index is 13.1. The first kappa shape index (κ1) is 21.3. The minimum absolute atomic E-state index is 0.0240. The smallest absolute Gasteiger partial charge is 0.356 e. The maximum Gasteiger partial charge on any atom is 0.356 e. The number of aromatic carboxylic acids is 1. The number of nitrogens with one attached hydrogen (secondary N) is 1. The van der Waals surface area contributed by atoms with Crippen molar-refractivity contribution in [2.75, 3.05) is 24.3 Å². The highest BCUT2D eigenvalue weighted by Crippen LogP contribution is 2.31. The van der Waals surface area contributed by atoms with Crippen LogP contribution in [0.15, 0.2) is 60.7 Å². The fraction of sp³-hybridized carbons (Fsp3) is 0.130. The third kappa shape index (κ3) is 3.97. The summed E-state index contributed by atoms with van der Waals surface area (Å²) in [5.41, 5.74) is 1.98. The van der Waals surface area contributed by atoms with E-state index in [4.69, 9.17) is 0 Å². The maximum atomic E-state index is 13.1. The van der Waals surface area contributed by atoms with Crippen molar-refractivity contribution in [2.45, 2.75) is 6.92 Å². The molecule has 2 heterocycles. The van der Waals surface area contributed by atoms with Crippen LogP contribution in [0, 0.1) is 6.92 Å². The first-order chi connectivity index (χ1) is 15.4. The highest BCUT2D eigenvalue weighted by Gasteiger charge is 2.27.